The first-order valence-electron chi connectivity index (χ1n) is 8.23. The first-order chi connectivity index (χ1) is 13.1. The van der Waals surface area contributed by atoms with Gasteiger partial charge in [-0.1, -0.05) is 23.7 Å². The van der Waals surface area contributed by atoms with Crippen LogP contribution in [0.2, 0.25) is 5.02 Å². The van der Waals surface area contributed by atoms with Crippen LogP contribution in [-0.2, 0) is 11.2 Å². The number of nitrogens with zero attached hydrogens (tertiary/aromatic N) is 3. The summed E-state index contributed by atoms with van der Waals surface area (Å²) in [7, 11) is 0. The smallest absolute Gasteiger partial charge is 0.250 e. The SMILES string of the molecule is O=C(CCc1ccc(Cl)cc1)Nc1nc2scc(-c3ccc(F)cc3)n2n1. The van der Waals surface area contributed by atoms with Crippen LogP contribution in [0.5, 0.6) is 0 Å². The Morgan fingerprint density at radius 2 is 1.89 bits per heavy atom. The molecule has 0 saturated heterocycles. The van der Waals surface area contributed by atoms with Crippen molar-refractivity contribution in [3.63, 3.8) is 0 Å². The second-order valence-electron chi connectivity index (χ2n) is 5.93. The number of halogens is 2. The molecular formula is C19H14ClFN4OS. The van der Waals surface area contributed by atoms with Gasteiger partial charge in [0.25, 0.3) is 0 Å². The van der Waals surface area contributed by atoms with E-state index in [-0.39, 0.29) is 17.7 Å². The zero-order chi connectivity index (χ0) is 18.8. The van der Waals surface area contributed by atoms with Crippen LogP contribution in [0.15, 0.2) is 53.9 Å². The Balaban J connectivity index is 1.45. The van der Waals surface area contributed by atoms with Crippen LogP contribution in [0.4, 0.5) is 10.3 Å². The van der Waals surface area contributed by atoms with Crippen molar-refractivity contribution in [1.82, 2.24) is 14.6 Å². The fraction of sp³-hybridized carbons (Fsp3) is 0.105. The number of carbonyl (C=O) groups excluding carboxylic acids is 1. The number of thiazole rings is 1. The Morgan fingerprint density at radius 3 is 2.63 bits per heavy atom. The van der Waals surface area contributed by atoms with E-state index in [2.05, 4.69) is 15.4 Å². The summed E-state index contributed by atoms with van der Waals surface area (Å²) in [6.45, 7) is 0. The number of rotatable bonds is 5. The van der Waals surface area contributed by atoms with Crippen molar-refractivity contribution in [3.8, 4) is 11.3 Å². The van der Waals surface area contributed by atoms with E-state index < -0.39 is 0 Å². The number of anilines is 1. The summed E-state index contributed by atoms with van der Waals surface area (Å²) in [5.74, 6) is -0.199. The third-order valence-electron chi connectivity index (χ3n) is 4.03. The molecule has 1 amide bonds. The number of nitrogens with one attached hydrogen (secondary N) is 1. The highest BCUT2D eigenvalue weighted by atomic mass is 35.5. The molecule has 0 spiro atoms. The molecule has 27 heavy (non-hydrogen) atoms. The molecule has 0 fully saturated rings. The molecular weight excluding hydrogens is 387 g/mol. The van der Waals surface area contributed by atoms with Gasteiger partial charge in [0.15, 0.2) is 0 Å². The fourth-order valence-electron chi connectivity index (χ4n) is 2.65. The van der Waals surface area contributed by atoms with Crippen LogP contribution in [-0.4, -0.2) is 20.5 Å². The summed E-state index contributed by atoms with van der Waals surface area (Å²) in [6, 6.07) is 13.6. The van der Waals surface area contributed by atoms with E-state index in [4.69, 9.17) is 11.6 Å². The van der Waals surface area contributed by atoms with E-state index >= 15 is 0 Å². The average Bonchev–Trinajstić information content (AvgIpc) is 3.22. The number of hydrogen-bond acceptors (Lipinski definition) is 4. The van der Waals surface area contributed by atoms with Gasteiger partial charge in [-0.15, -0.1) is 16.4 Å². The van der Waals surface area contributed by atoms with Crippen molar-refractivity contribution in [1.29, 1.82) is 0 Å². The number of aromatic nitrogens is 3. The molecule has 2 aromatic heterocycles. The summed E-state index contributed by atoms with van der Waals surface area (Å²) in [5, 5.41) is 9.64. The predicted molar refractivity (Wildman–Crippen MR) is 105 cm³/mol. The molecule has 0 unspecified atom stereocenters. The Hall–Kier alpha value is -2.77. The molecule has 5 nitrogen and oxygen atoms in total. The van der Waals surface area contributed by atoms with E-state index in [9.17, 15) is 9.18 Å². The van der Waals surface area contributed by atoms with Gasteiger partial charge in [-0.25, -0.2) is 8.91 Å². The van der Waals surface area contributed by atoms with E-state index in [0.717, 1.165) is 16.8 Å². The number of amides is 1. The summed E-state index contributed by atoms with van der Waals surface area (Å²) in [4.78, 5) is 17.2. The first kappa shape index (κ1) is 17.6. The second-order valence-corrected chi connectivity index (χ2v) is 7.21. The second kappa shape index (κ2) is 7.46. The van der Waals surface area contributed by atoms with Gasteiger partial charge in [-0.2, -0.15) is 4.98 Å². The van der Waals surface area contributed by atoms with Gasteiger partial charge in [0.2, 0.25) is 16.8 Å². The molecule has 0 radical (unpaired) electrons. The van der Waals surface area contributed by atoms with Gasteiger partial charge in [0.05, 0.1) is 5.69 Å². The summed E-state index contributed by atoms with van der Waals surface area (Å²) >= 11 is 7.26. The molecule has 0 aliphatic carbocycles. The first-order valence-corrected chi connectivity index (χ1v) is 9.49. The summed E-state index contributed by atoms with van der Waals surface area (Å²) < 4.78 is 14.8. The van der Waals surface area contributed by atoms with Crippen LogP contribution in [0.1, 0.15) is 12.0 Å². The van der Waals surface area contributed by atoms with E-state index in [1.54, 1.807) is 28.8 Å². The van der Waals surface area contributed by atoms with Gasteiger partial charge in [0, 0.05) is 22.4 Å². The minimum absolute atomic E-state index is 0.161. The summed E-state index contributed by atoms with van der Waals surface area (Å²) in [5.41, 5.74) is 2.66. The minimum Gasteiger partial charge on any atom is -0.293 e. The van der Waals surface area contributed by atoms with Crippen LogP contribution in [0.25, 0.3) is 16.2 Å². The topological polar surface area (TPSA) is 59.3 Å². The molecule has 136 valence electrons. The Bertz CT molecular complexity index is 1090. The number of benzene rings is 2. The molecule has 0 atom stereocenters. The van der Waals surface area contributed by atoms with Gasteiger partial charge in [-0.05, 0) is 48.4 Å². The third-order valence-corrected chi connectivity index (χ3v) is 5.09. The molecule has 4 aromatic rings. The number of aryl methyl sites for hydroxylation is 1. The molecule has 8 heteroatoms. The molecule has 4 rings (SSSR count). The van der Waals surface area contributed by atoms with Gasteiger partial charge < -0.3 is 0 Å². The lowest BCUT2D eigenvalue weighted by Gasteiger charge is -2.02. The van der Waals surface area contributed by atoms with Crippen LogP contribution < -0.4 is 5.32 Å². The van der Waals surface area contributed by atoms with Crippen molar-refractivity contribution in [2.45, 2.75) is 12.8 Å². The average molecular weight is 401 g/mol. The highest BCUT2D eigenvalue weighted by Gasteiger charge is 2.13. The quantitative estimate of drug-likeness (QED) is 0.522. The number of fused-ring (bicyclic) bond motifs is 1. The van der Waals surface area contributed by atoms with E-state index in [1.807, 2.05) is 17.5 Å². The maximum Gasteiger partial charge on any atom is 0.250 e. The molecule has 0 bridgehead atoms. The van der Waals surface area contributed by atoms with Crippen LogP contribution in [0, 0.1) is 5.82 Å². The fourth-order valence-corrected chi connectivity index (χ4v) is 3.61. The lowest BCUT2D eigenvalue weighted by atomic mass is 10.1. The standard InChI is InChI=1S/C19H14ClFN4OS/c20-14-6-1-12(2-7-14)3-10-17(26)22-18-23-19-25(24-18)16(11-27-19)13-4-8-15(21)9-5-13/h1-2,4-9,11H,3,10H2,(H,22,24,26). The molecule has 2 aromatic carbocycles. The zero-order valence-corrected chi connectivity index (χ0v) is 15.6. The normalized spacial score (nSPS) is 11.0. The lowest BCUT2D eigenvalue weighted by Crippen LogP contribution is -2.13. The number of carbonyl (C=O) groups is 1. The molecule has 0 saturated carbocycles. The number of hydrogen-bond donors (Lipinski definition) is 1. The predicted octanol–water partition coefficient (Wildman–Crippen LogP) is 4.82. The van der Waals surface area contributed by atoms with Gasteiger partial charge >= 0.3 is 0 Å². The Labute approximate surface area is 163 Å². The Morgan fingerprint density at radius 1 is 1.15 bits per heavy atom. The van der Waals surface area contributed by atoms with Gasteiger partial charge in [-0.3, -0.25) is 10.1 Å². The summed E-state index contributed by atoms with van der Waals surface area (Å²) in [6.07, 6.45) is 0.922. The van der Waals surface area contributed by atoms with Crippen molar-refractivity contribution < 1.29 is 9.18 Å². The molecule has 0 aliphatic rings. The highest BCUT2D eigenvalue weighted by Crippen LogP contribution is 2.26. The largest absolute Gasteiger partial charge is 0.293 e. The maximum absolute atomic E-state index is 13.1. The van der Waals surface area contributed by atoms with E-state index in [1.165, 1.54) is 23.5 Å². The van der Waals surface area contributed by atoms with Crippen molar-refractivity contribution in [2.24, 2.45) is 0 Å². The van der Waals surface area contributed by atoms with E-state index in [0.29, 0.717) is 22.8 Å². The Kier molecular flexibility index (Phi) is 4.87. The maximum atomic E-state index is 13.1. The molecule has 0 aliphatic heterocycles. The zero-order valence-electron chi connectivity index (χ0n) is 14.0. The van der Waals surface area contributed by atoms with Crippen molar-refractivity contribution in [3.05, 3.63) is 70.3 Å². The monoisotopic (exact) mass is 400 g/mol. The van der Waals surface area contributed by atoms with Crippen molar-refractivity contribution in [2.75, 3.05) is 5.32 Å². The lowest BCUT2D eigenvalue weighted by molar-refractivity contribution is -0.116. The van der Waals surface area contributed by atoms with Crippen LogP contribution >= 0.6 is 22.9 Å². The third kappa shape index (κ3) is 3.99. The molecule has 2 heterocycles. The van der Waals surface area contributed by atoms with Crippen molar-refractivity contribution >= 4 is 39.8 Å². The highest BCUT2D eigenvalue weighted by molar-refractivity contribution is 7.15. The minimum atomic E-state index is -0.294. The molecule has 1 N–H and O–H groups in total. The van der Waals surface area contributed by atoms with Crippen LogP contribution in [0.3, 0.4) is 0 Å². The van der Waals surface area contributed by atoms with Gasteiger partial charge in [0.1, 0.15) is 5.82 Å².